The normalized spacial score (nSPS) is 22.6. The second kappa shape index (κ2) is 8.65. The maximum absolute atomic E-state index is 13.3. The van der Waals surface area contributed by atoms with Gasteiger partial charge in [0.2, 0.25) is 0 Å². The molecule has 0 saturated heterocycles. The number of rotatable bonds is 6. The van der Waals surface area contributed by atoms with Gasteiger partial charge in [-0.25, -0.2) is 8.78 Å². The van der Waals surface area contributed by atoms with Gasteiger partial charge in [0.05, 0.1) is 0 Å². The molecule has 4 atom stereocenters. The highest BCUT2D eigenvalue weighted by Crippen LogP contribution is 2.30. The Kier molecular flexibility index (Phi) is 5.99. The van der Waals surface area contributed by atoms with Gasteiger partial charge in [-0.15, -0.1) is 0 Å². The van der Waals surface area contributed by atoms with Gasteiger partial charge in [0.1, 0.15) is 47.5 Å². The summed E-state index contributed by atoms with van der Waals surface area (Å²) in [7, 11) is 0. The summed E-state index contributed by atoms with van der Waals surface area (Å²) in [4.78, 5) is 0. The van der Waals surface area contributed by atoms with Crippen molar-refractivity contribution in [1.82, 2.24) is 5.32 Å². The molecule has 4 rings (SSSR count). The van der Waals surface area contributed by atoms with Crippen molar-refractivity contribution in [3.05, 3.63) is 59.2 Å². The lowest BCUT2D eigenvalue weighted by Gasteiger charge is -2.31. The van der Waals surface area contributed by atoms with Crippen LogP contribution < -0.4 is 14.8 Å². The number of aliphatic hydroxyl groups is 2. The Balaban J connectivity index is 1.24. The molecule has 2 aliphatic rings. The molecule has 2 heterocycles. The molecule has 3 N–H and O–H groups in total. The number of hydrogen-bond acceptors (Lipinski definition) is 5. The van der Waals surface area contributed by atoms with E-state index in [2.05, 4.69) is 5.32 Å². The molecule has 29 heavy (non-hydrogen) atoms. The van der Waals surface area contributed by atoms with Crippen molar-refractivity contribution in [1.29, 1.82) is 0 Å². The number of aliphatic hydroxyl groups excluding tert-OH is 2. The van der Waals surface area contributed by atoms with Crippen LogP contribution in [0.25, 0.3) is 0 Å². The maximum Gasteiger partial charge on any atom is 0.126 e. The van der Waals surface area contributed by atoms with Gasteiger partial charge in [0.25, 0.3) is 0 Å². The van der Waals surface area contributed by atoms with E-state index >= 15 is 0 Å². The van der Waals surface area contributed by atoms with Crippen LogP contribution in [-0.4, -0.2) is 47.7 Å². The van der Waals surface area contributed by atoms with Crippen molar-refractivity contribution in [2.75, 3.05) is 13.1 Å². The molecule has 2 aromatic rings. The fourth-order valence-electron chi connectivity index (χ4n) is 3.94. The number of nitrogens with one attached hydrogen (secondary N) is 1. The minimum Gasteiger partial charge on any atom is -0.487 e. The molecule has 7 heteroatoms. The minimum absolute atomic E-state index is 0.257. The molecule has 0 saturated carbocycles. The van der Waals surface area contributed by atoms with Crippen LogP contribution in [0.15, 0.2) is 36.4 Å². The van der Waals surface area contributed by atoms with Crippen LogP contribution in [0.4, 0.5) is 8.78 Å². The van der Waals surface area contributed by atoms with Crippen LogP contribution in [0.2, 0.25) is 0 Å². The summed E-state index contributed by atoms with van der Waals surface area (Å²) in [5, 5.41) is 23.9. The Morgan fingerprint density at radius 3 is 1.72 bits per heavy atom. The number of benzene rings is 2. The van der Waals surface area contributed by atoms with Gasteiger partial charge < -0.3 is 25.0 Å². The highest BCUT2D eigenvalue weighted by Gasteiger charge is 2.29. The first-order valence-corrected chi connectivity index (χ1v) is 9.96. The van der Waals surface area contributed by atoms with Gasteiger partial charge in [0, 0.05) is 13.1 Å². The molecule has 0 fully saturated rings. The van der Waals surface area contributed by atoms with E-state index in [9.17, 15) is 19.0 Å². The van der Waals surface area contributed by atoms with Crippen molar-refractivity contribution in [2.45, 2.75) is 50.1 Å². The molecule has 0 bridgehead atoms. The molecule has 156 valence electrons. The maximum atomic E-state index is 13.3. The van der Waals surface area contributed by atoms with Crippen molar-refractivity contribution in [3.63, 3.8) is 0 Å². The first kappa shape index (κ1) is 20.1. The summed E-state index contributed by atoms with van der Waals surface area (Å²) in [6.07, 6.45) is 0.214. The van der Waals surface area contributed by atoms with E-state index in [1.165, 1.54) is 24.3 Å². The van der Waals surface area contributed by atoms with Gasteiger partial charge >= 0.3 is 0 Å². The number of ether oxygens (including phenoxy) is 2. The predicted molar refractivity (Wildman–Crippen MR) is 103 cm³/mol. The van der Waals surface area contributed by atoms with E-state index in [1.54, 1.807) is 12.1 Å². The number of aryl methyl sites for hydroxylation is 2. The third kappa shape index (κ3) is 4.69. The smallest absolute Gasteiger partial charge is 0.126 e. The van der Waals surface area contributed by atoms with Crippen molar-refractivity contribution in [2.24, 2.45) is 0 Å². The number of halogens is 2. The first-order valence-electron chi connectivity index (χ1n) is 9.96. The molecule has 0 aromatic heterocycles. The molecular formula is C22H25F2NO4. The van der Waals surface area contributed by atoms with Gasteiger partial charge in [-0.1, -0.05) is 0 Å². The summed E-state index contributed by atoms with van der Waals surface area (Å²) in [5.74, 6) is 0.624. The third-order valence-corrected chi connectivity index (χ3v) is 5.56. The lowest BCUT2D eigenvalue weighted by Crippen LogP contribution is -2.46. The standard InChI is InChI=1S/C22H25F2NO4/c23-15-3-7-19-13(9-15)1-5-21(28-19)17(26)11-25-12-18(27)22-6-2-14-10-16(24)4-8-20(14)29-22/h3-4,7-10,17-18,21-22,25-27H,1-2,5-6,11-12H2/t17?,18?,21-,22+. The van der Waals surface area contributed by atoms with E-state index in [-0.39, 0.29) is 36.9 Å². The van der Waals surface area contributed by atoms with Crippen LogP contribution in [0, 0.1) is 11.6 Å². The van der Waals surface area contributed by atoms with Crippen LogP contribution in [0.5, 0.6) is 11.5 Å². The quantitative estimate of drug-likeness (QED) is 0.688. The largest absolute Gasteiger partial charge is 0.487 e. The van der Waals surface area contributed by atoms with E-state index in [1.807, 2.05) is 0 Å². The molecule has 2 aromatic carbocycles. The lowest BCUT2D eigenvalue weighted by atomic mass is 9.98. The van der Waals surface area contributed by atoms with Crippen molar-refractivity contribution >= 4 is 0 Å². The first-order chi connectivity index (χ1) is 14.0. The average molecular weight is 405 g/mol. The second-order valence-corrected chi connectivity index (χ2v) is 7.69. The molecule has 0 radical (unpaired) electrons. The Labute approximate surface area is 168 Å². The Morgan fingerprint density at radius 1 is 0.828 bits per heavy atom. The van der Waals surface area contributed by atoms with Crippen LogP contribution in [-0.2, 0) is 12.8 Å². The zero-order valence-electron chi connectivity index (χ0n) is 16.0. The zero-order chi connectivity index (χ0) is 20.4. The summed E-state index contributed by atoms with van der Waals surface area (Å²) < 4.78 is 38.2. The van der Waals surface area contributed by atoms with Gasteiger partial charge in [-0.05, 0) is 73.2 Å². The SMILES string of the molecule is OC(CNCC(O)[C@H]1CCc2cc(F)ccc2O1)[C@@H]1CCc2cc(F)ccc2O1. The summed E-state index contributed by atoms with van der Waals surface area (Å²) in [5.41, 5.74) is 1.62. The summed E-state index contributed by atoms with van der Waals surface area (Å²) in [6.45, 7) is 0.513. The van der Waals surface area contributed by atoms with Crippen molar-refractivity contribution in [3.8, 4) is 11.5 Å². The average Bonchev–Trinajstić information content (AvgIpc) is 2.72. The topological polar surface area (TPSA) is 71.0 Å². The minimum atomic E-state index is -0.753. The van der Waals surface area contributed by atoms with Crippen LogP contribution >= 0.6 is 0 Å². The Hall–Kier alpha value is -2.22. The highest BCUT2D eigenvalue weighted by atomic mass is 19.1. The molecular weight excluding hydrogens is 380 g/mol. The molecule has 0 spiro atoms. The number of fused-ring (bicyclic) bond motifs is 2. The number of hydrogen-bond donors (Lipinski definition) is 3. The summed E-state index contributed by atoms with van der Waals surface area (Å²) in [6, 6.07) is 8.79. The highest BCUT2D eigenvalue weighted by molar-refractivity contribution is 5.36. The molecule has 2 unspecified atom stereocenters. The predicted octanol–water partition coefficient (Wildman–Crippen LogP) is 2.36. The Morgan fingerprint density at radius 2 is 1.28 bits per heavy atom. The lowest BCUT2D eigenvalue weighted by molar-refractivity contribution is 0.00892. The fourth-order valence-corrected chi connectivity index (χ4v) is 3.94. The molecule has 0 amide bonds. The van der Waals surface area contributed by atoms with E-state index in [0.29, 0.717) is 37.2 Å². The van der Waals surface area contributed by atoms with Crippen LogP contribution in [0.3, 0.4) is 0 Å². The van der Waals surface area contributed by atoms with E-state index < -0.39 is 12.2 Å². The van der Waals surface area contributed by atoms with E-state index in [0.717, 1.165) is 11.1 Å². The monoisotopic (exact) mass is 405 g/mol. The van der Waals surface area contributed by atoms with Gasteiger partial charge in [-0.2, -0.15) is 0 Å². The van der Waals surface area contributed by atoms with Gasteiger partial charge in [0.15, 0.2) is 0 Å². The molecule has 5 nitrogen and oxygen atoms in total. The fraction of sp³-hybridized carbons (Fsp3) is 0.455. The van der Waals surface area contributed by atoms with Crippen LogP contribution in [0.1, 0.15) is 24.0 Å². The van der Waals surface area contributed by atoms with Crippen molar-refractivity contribution < 1.29 is 28.5 Å². The van der Waals surface area contributed by atoms with E-state index in [4.69, 9.17) is 9.47 Å². The van der Waals surface area contributed by atoms with Gasteiger partial charge in [-0.3, -0.25) is 0 Å². The molecule has 0 aliphatic carbocycles. The Bertz CT molecular complexity index is 793. The zero-order valence-corrected chi connectivity index (χ0v) is 16.0. The summed E-state index contributed by atoms with van der Waals surface area (Å²) >= 11 is 0. The second-order valence-electron chi connectivity index (χ2n) is 7.69. The molecule has 2 aliphatic heterocycles. The third-order valence-electron chi connectivity index (χ3n) is 5.56.